The molecule has 0 saturated carbocycles. The first kappa shape index (κ1) is 13.9. The molecule has 3 rings (SSSR count). The van der Waals surface area contributed by atoms with Crippen LogP contribution in [0.5, 0.6) is 5.75 Å². The van der Waals surface area contributed by atoms with Gasteiger partial charge in [0.05, 0.1) is 21.4 Å². The SMILES string of the molecule is O=[N+]([O-])C1=C(c2ccc(Cl)c(Cl)c2)Oc2ccccc2C1. The number of ether oxygens (including phenoxy) is 1. The fraction of sp³-hybridized carbons (Fsp3) is 0.0667. The molecule has 21 heavy (non-hydrogen) atoms. The van der Waals surface area contributed by atoms with Gasteiger partial charge in [-0.15, -0.1) is 0 Å². The third-order valence-electron chi connectivity index (χ3n) is 3.21. The van der Waals surface area contributed by atoms with Gasteiger partial charge in [-0.2, -0.15) is 0 Å². The van der Waals surface area contributed by atoms with Gasteiger partial charge in [-0.1, -0.05) is 41.4 Å². The minimum absolute atomic E-state index is 0.00656. The molecule has 0 atom stereocenters. The zero-order chi connectivity index (χ0) is 15.0. The van der Waals surface area contributed by atoms with Crippen LogP contribution in [0.3, 0.4) is 0 Å². The molecule has 0 N–H and O–H groups in total. The lowest BCUT2D eigenvalue weighted by Gasteiger charge is -2.19. The van der Waals surface area contributed by atoms with Gasteiger partial charge in [-0.3, -0.25) is 10.1 Å². The first-order valence-corrected chi connectivity index (χ1v) is 6.90. The van der Waals surface area contributed by atoms with E-state index in [1.165, 1.54) is 0 Å². The first-order chi connectivity index (χ1) is 10.1. The number of allylic oxidation sites excluding steroid dienone is 1. The van der Waals surface area contributed by atoms with Gasteiger partial charge in [-0.25, -0.2) is 0 Å². The largest absolute Gasteiger partial charge is 0.450 e. The molecule has 0 fully saturated rings. The second kappa shape index (κ2) is 5.39. The molecule has 0 aliphatic carbocycles. The number of nitro groups is 1. The Bertz CT molecular complexity index is 771. The fourth-order valence-electron chi connectivity index (χ4n) is 2.19. The summed E-state index contributed by atoms with van der Waals surface area (Å²) in [6.45, 7) is 0. The van der Waals surface area contributed by atoms with Crippen molar-refractivity contribution >= 4 is 29.0 Å². The Morgan fingerprint density at radius 3 is 2.57 bits per heavy atom. The average Bonchev–Trinajstić information content (AvgIpc) is 2.48. The van der Waals surface area contributed by atoms with Crippen molar-refractivity contribution in [2.75, 3.05) is 0 Å². The molecule has 1 aliphatic heterocycles. The molecule has 6 heteroatoms. The van der Waals surface area contributed by atoms with Crippen molar-refractivity contribution in [3.63, 3.8) is 0 Å². The predicted molar refractivity (Wildman–Crippen MR) is 81.2 cm³/mol. The van der Waals surface area contributed by atoms with Crippen molar-refractivity contribution in [3.8, 4) is 5.75 Å². The number of hydrogen-bond donors (Lipinski definition) is 0. The summed E-state index contributed by atoms with van der Waals surface area (Å²) < 4.78 is 5.72. The number of halogens is 2. The molecule has 0 bridgehead atoms. The number of benzene rings is 2. The van der Waals surface area contributed by atoms with E-state index in [1.54, 1.807) is 24.3 Å². The van der Waals surface area contributed by atoms with Gasteiger partial charge in [0.25, 0.3) is 5.70 Å². The fourth-order valence-corrected chi connectivity index (χ4v) is 2.49. The molecule has 0 aromatic heterocycles. The lowest BCUT2D eigenvalue weighted by atomic mass is 10.0. The summed E-state index contributed by atoms with van der Waals surface area (Å²) in [5, 5.41) is 12.0. The quantitative estimate of drug-likeness (QED) is 0.601. The molecule has 4 nitrogen and oxygen atoms in total. The van der Waals surface area contributed by atoms with Gasteiger partial charge in [-0.05, 0) is 24.3 Å². The van der Waals surface area contributed by atoms with Gasteiger partial charge in [0.15, 0.2) is 0 Å². The van der Waals surface area contributed by atoms with Gasteiger partial charge < -0.3 is 4.74 Å². The number of fused-ring (bicyclic) bond motifs is 1. The summed E-state index contributed by atoms with van der Waals surface area (Å²) in [7, 11) is 0. The van der Waals surface area contributed by atoms with Crippen molar-refractivity contribution in [2.24, 2.45) is 0 Å². The smallest absolute Gasteiger partial charge is 0.293 e. The molecule has 106 valence electrons. The van der Waals surface area contributed by atoms with Crippen LogP contribution in [0.25, 0.3) is 5.76 Å². The number of hydrogen-bond acceptors (Lipinski definition) is 3. The van der Waals surface area contributed by atoms with Crippen LogP contribution in [0.2, 0.25) is 10.0 Å². The first-order valence-electron chi connectivity index (χ1n) is 6.15. The Morgan fingerprint density at radius 2 is 1.86 bits per heavy atom. The Balaban J connectivity index is 2.13. The minimum atomic E-state index is -0.423. The molecule has 0 saturated heterocycles. The Kier molecular flexibility index (Phi) is 3.57. The van der Waals surface area contributed by atoms with Crippen LogP contribution in [-0.2, 0) is 6.42 Å². The minimum Gasteiger partial charge on any atom is -0.450 e. The third kappa shape index (κ3) is 2.60. The van der Waals surface area contributed by atoms with Crippen LogP contribution in [-0.4, -0.2) is 4.92 Å². The lowest BCUT2D eigenvalue weighted by molar-refractivity contribution is -0.427. The second-order valence-electron chi connectivity index (χ2n) is 4.55. The normalized spacial score (nSPS) is 13.6. The molecule has 0 amide bonds. The van der Waals surface area contributed by atoms with Crippen molar-refractivity contribution in [2.45, 2.75) is 6.42 Å². The van der Waals surface area contributed by atoms with E-state index in [4.69, 9.17) is 27.9 Å². The predicted octanol–water partition coefficient (Wildman–Crippen LogP) is 4.57. The van der Waals surface area contributed by atoms with E-state index in [2.05, 4.69) is 0 Å². The summed E-state index contributed by atoms with van der Waals surface area (Å²) in [5.41, 5.74) is 1.32. The molecular weight excluding hydrogens is 313 g/mol. The Hall–Kier alpha value is -2.04. The van der Waals surface area contributed by atoms with E-state index in [-0.39, 0.29) is 17.9 Å². The van der Waals surface area contributed by atoms with E-state index in [1.807, 2.05) is 18.2 Å². The van der Waals surface area contributed by atoms with E-state index >= 15 is 0 Å². The van der Waals surface area contributed by atoms with E-state index < -0.39 is 4.92 Å². The van der Waals surface area contributed by atoms with Crippen LogP contribution < -0.4 is 4.74 Å². The molecule has 1 heterocycles. The lowest BCUT2D eigenvalue weighted by Crippen LogP contribution is -2.15. The topological polar surface area (TPSA) is 52.4 Å². The van der Waals surface area contributed by atoms with E-state index in [0.717, 1.165) is 5.56 Å². The highest BCUT2D eigenvalue weighted by atomic mass is 35.5. The number of para-hydroxylation sites is 1. The zero-order valence-corrected chi connectivity index (χ0v) is 12.2. The molecule has 0 spiro atoms. The molecule has 2 aromatic rings. The van der Waals surface area contributed by atoms with Crippen molar-refractivity contribution < 1.29 is 9.66 Å². The zero-order valence-electron chi connectivity index (χ0n) is 10.7. The molecule has 0 radical (unpaired) electrons. The van der Waals surface area contributed by atoms with Crippen molar-refractivity contribution in [1.82, 2.24) is 0 Å². The van der Waals surface area contributed by atoms with E-state index in [9.17, 15) is 10.1 Å². The van der Waals surface area contributed by atoms with Crippen LogP contribution >= 0.6 is 23.2 Å². The summed E-state index contributed by atoms with van der Waals surface area (Å²) in [6, 6.07) is 12.0. The third-order valence-corrected chi connectivity index (χ3v) is 3.95. The van der Waals surface area contributed by atoms with Crippen molar-refractivity contribution in [3.05, 3.63) is 79.4 Å². The summed E-state index contributed by atoms with van der Waals surface area (Å²) in [6.07, 6.45) is 0.207. The average molecular weight is 322 g/mol. The second-order valence-corrected chi connectivity index (χ2v) is 5.36. The van der Waals surface area contributed by atoms with E-state index in [0.29, 0.717) is 21.4 Å². The maximum Gasteiger partial charge on any atom is 0.293 e. The monoisotopic (exact) mass is 321 g/mol. The van der Waals surface area contributed by atoms with Crippen LogP contribution in [0.1, 0.15) is 11.1 Å². The highest BCUT2D eigenvalue weighted by Gasteiger charge is 2.29. The number of nitrogens with zero attached hydrogens (tertiary/aromatic N) is 1. The summed E-state index contributed by atoms with van der Waals surface area (Å²) in [4.78, 5) is 10.9. The van der Waals surface area contributed by atoms with Gasteiger partial charge in [0.2, 0.25) is 5.76 Å². The van der Waals surface area contributed by atoms with Crippen LogP contribution in [0.4, 0.5) is 0 Å². The van der Waals surface area contributed by atoms with Crippen molar-refractivity contribution in [1.29, 1.82) is 0 Å². The van der Waals surface area contributed by atoms with Gasteiger partial charge in [0.1, 0.15) is 5.75 Å². The van der Waals surface area contributed by atoms with Gasteiger partial charge in [0, 0.05) is 11.1 Å². The maximum absolute atomic E-state index is 11.3. The highest BCUT2D eigenvalue weighted by molar-refractivity contribution is 6.42. The standard InChI is InChI=1S/C15H9Cl2NO3/c16-11-6-5-10(7-12(11)17)15-13(18(19)20)8-9-3-1-2-4-14(9)21-15/h1-7H,8H2. The van der Waals surface area contributed by atoms with Gasteiger partial charge >= 0.3 is 0 Å². The molecular formula is C15H9Cl2NO3. The summed E-state index contributed by atoms with van der Waals surface area (Å²) in [5.74, 6) is 0.821. The molecule has 0 unspecified atom stereocenters. The van der Waals surface area contributed by atoms with Crippen LogP contribution in [0.15, 0.2) is 48.2 Å². The highest BCUT2D eigenvalue weighted by Crippen LogP contribution is 2.36. The van der Waals surface area contributed by atoms with Crippen LogP contribution in [0, 0.1) is 10.1 Å². The Labute approximate surface area is 130 Å². The maximum atomic E-state index is 11.3. The summed E-state index contributed by atoms with van der Waals surface area (Å²) >= 11 is 11.9. The molecule has 2 aromatic carbocycles. The Morgan fingerprint density at radius 1 is 1.10 bits per heavy atom. The molecule has 1 aliphatic rings. The number of rotatable bonds is 2.